The fourth-order valence-corrected chi connectivity index (χ4v) is 3.23. The van der Waals surface area contributed by atoms with Gasteiger partial charge in [-0.05, 0) is 37.3 Å². The second-order valence-electron chi connectivity index (χ2n) is 6.00. The summed E-state index contributed by atoms with van der Waals surface area (Å²) in [4.78, 5) is 23.7. The Morgan fingerprint density at radius 1 is 1.07 bits per heavy atom. The van der Waals surface area contributed by atoms with E-state index in [1.54, 1.807) is 6.07 Å². The van der Waals surface area contributed by atoms with Crippen molar-refractivity contribution in [3.63, 3.8) is 0 Å². The third-order valence-electron chi connectivity index (χ3n) is 3.70. The topological polar surface area (TPSA) is 83.6 Å². The number of carbonyl (C=O) groups excluding carboxylic acids is 2. The molecule has 0 fully saturated rings. The Bertz CT molecular complexity index is 1000. The molecule has 2 rings (SSSR count). The highest BCUT2D eigenvalue weighted by molar-refractivity contribution is 7.92. The molecule has 10 heteroatoms. The molecule has 0 heterocycles. The van der Waals surface area contributed by atoms with Gasteiger partial charge >= 0.3 is 6.18 Å². The Hall–Kier alpha value is -2.88. The monoisotopic (exact) mass is 414 g/mol. The molecular formula is C18H17F3N2O4S. The SMILES string of the molecule is CC(=O)c1cccc(NC(=O)CN(c2cccc(C(F)(F)F)c2)S(C)(=O)=O)c1. The van der Waals surface area contributed by atoms with Gasteiger partial charge < -0.3 is 5.32 Å². The zero-order valence-corrected chi connectivity index (χ0v) is 15.8. The minimum absolute atomic E-state index is 0.224. The molecular weight excluding hydrogens is 397 g/mol. The van der Waals surface area contributed by atoms with Crippen molar-refractivity contribution in [1.29, 1.82) is 0 Å². The Morgan fingerprint density at radius 3 is 2.29 bits per heavy atom. The standard InChI is InChI=1S/C18H17F3N2O4S/c1-12(24)13-5-3-7-15(9-13)22-17(25)11-23(28(2,26)27)16-8-4-6-14(10-16)18(19,20)21/h3-10H,11H2,1-2H3,(H,22,25). The summed E-state index contributed by atoms with van der Waals surface area (Å²) in [5, 5.41) is 2.43. The lowest BCUT2D eigenvalue weighted by atomic mass is 10.1. The molecule has 0 spiro atoms. The van der Waals surface area contributed by atoms with Crippen LogP contribution in [-0.4, -0.2) is 32.9 Å². The number of sulfonamides is 1. The van der Waals surface area contributed by atoms with Crippen LogP contribution in [0.25, 0.3) is 0 Å². The molecule has 6 nitrogen and oxygen atoms in total. The van der Waals surface area contributed by atoms with E-state index in [1.807, 2.05) is 0 Å². The summed E-state index contributed by atoms with van der Waals surface area (Å²) in [7, 11) is -4.04. The quantitative estimate of drug-likeness (QED) is 0.735. The molecule has 2 aromatic rings. The van der Waals surface area contributed by atoms with Crippen LogP contribution in [0.5, 0.6) is 0 Å². The number of anilines is 2. The van der Waals surface area contributed by atoms with E-state index in [4.69, 9.17) is 0 Å². The number of hydrogen-bond donors (Lipinski definition) is 1. The molecule has 0 saturated heterocycles. The van der Waals surface area contributed by atoms with Gasteiger partial charge in [-0.3, -0.25) is 13.9 Å². The van der Waals surface area contributed by atoms with Gasteiger partial charge in [0, 0.05) is 11.3 Å². The maximum Gasteiger partial charge on any atom is 0.416 e. The minimum atomic E-state index is -4.66. The molecule has 1 N–H and O–H groups in total. The predicted octanol–water partition coefficient (Wildman–Crippen LogP) is 3.31. The maximum atomic E-state index is 12.9. The number of Topliss-reactive ketones (excluding diaryl/α,β-unsaturated/α-hetero) is 1. The number of ketones is 1. The molecule has 2 aromatic carbocycles. The van der Waals surface area contributed by atoms with Gasteiger partial charge in [-0.25, -0.2) is 8.42 Å². The van der Waals surface area contributed by atoms with Crippen LogP contribution in [0.2, 0.25) is 0 Å². The third kappa shape index (κ3) is 5.56. The zero-order chi connectivity index (χ0) is 21.1. The van der Waals surface area contributed by atoms with Gasteiger partial charge in [0.25, 0.3) is 0 Å². The molecule has 150 valence electrons. The summed E-state index contributed by atoms with van der Waals surface area (Å²) in [5.41, 5.74) is -0.718. The molecule has 1 amide bonds. The summed E-state index contributed by atoms with van der Waals surface area (Å²) in [6.45, 7) is 0.615. The lowest BCUT2D eigenvalue weighted by molar-refractivity contribution is -0.137. The fourth-order valence-electron chi connectivity index (χ4n) is 2.38. The van der Waals surface area contributed by atoms with Crippen LogP contribution >= 0.6 is 0 Å². The Balaban J connectivity index is 2.27. The largest absolute Gasteiger partial charge is 0.416 e. The van der Waals surface area contributed by atoms with E-state index in [0.717, 1.165) is 18.4 Å². The number of halogens is 3. The smallest absolute Gasteiger partial charge is 0.324 e. The second kappa shape index (κ2) is 8.01. The number of nitrogens with one attached hydrogen (secondary N) is 1. The minimum Gasteiger partial charge on any atom is -0.324 e. The molecule has 0 aromatic heterocycles. The van der Waals surface area contributed by atoms with E-state index < -0.39 is 34.2 Å². The van der Waals surface area contributed by atoms with Gasteiger partial charge in [-0.15, -0.1) is 0 Å². The van der Waals surface area contributed by atoms with Crippen LogP contribution in [0.15, 0.2) is 48.5 Å². The van der Waals surface area contributed by atoms with Gasteiger partial charge in [0.15, 0.2) is 5.78 Å². The number of nitrogens with zero attached hydrogens (tertiary/aromatic N) is 1. The average molecular weight is 414 g/mol. The number of hydrogen-bond acceptors (Lipinski definition) is 4. The van der Waals surface area contributed by atoms with Gasteiger partial charge in [0.2, 0.25) is 15.9 Å². The molecule has 0 atom stereocenters. The van der Waals surface area contributed by atoms with E-state index in [-0.39, 0.29) is 17.2 Å². The maximum absolute atomic E-state index is 12.9. The van der Waals surface area contributed by atoms with E-state index in [0.29, 0.717) is 15.9 Å². The van der Waals surface area contributed by atoms with Crippen LogP contribution in [0.4, 0.5) is 24.5 Å². The van der Waals surface area contributed by atoms with Crippen LogP contribution in [0.1, 0.15) is 22.8 Å². The van der Waals surface area contributed by atoms with Crippen LogP contribution in [0, 0.1) is 0 Å². The molecule has 0 aliphatic carbocycles. The number of alkyl halides is 3. The summed E-state index contributed by atoms with van der Waals surface area (Å²) < 4.78 is 63.4. The van der Waals surface area contributed by atoms with Crippen molar-refractivity contribution in [1.82, 2.24) is 0 Å². The highest BCUT2D eigenvalue weighted by Crippen LogP contribution is 2.32. The predicted molar refractivity (Wildman–Crippen MR) is 98.7 cm³/mol. The molecule has 0 bridgehead atoms. The first kappa shape index (κ1) is 21.4. The lowest BCUT2D eigenvalue weighted by Crippen LogP contribution is -2.37. The van der Waals surface area contributed by atoms with E-state index >= 15 is 0 Å². The Morgan fingerprint density at radius 2 is 1.71 bits per heavy atom. The van der Waals surface area contributed by atoms with Gasteiger partial charge in [-0.1, -0.05) is 18.2 Å². The molecule has 0 aliphatic rings. The van der Waals surface area contributed by atoms with Gasteiger partial charge in [0.05, 0.1) is 17.5 Å². The number of carbonyl (C=O) groups is 2. The third-order valence-corrected chi connectivity index (χ3v) is 4.84. The molecule has 0 aliphatic heterocycles. The Labute approximate surface area is 160 Å². The highest BCUT2D eigenvalue weighted by atomic mass is 32.2. The summed E-state index contributed by atoms with van der Waals surface area (Å²) in [5.74, 6) is -0.999. The van der Waals surface area contributed by atoms with Gasteiger partial charge in [-0.2, -0.15) is 13.2 Å². The normalized spacial score (nSPS) is 11.8. The first-order chi connectivity index (χ1) is 12.9. The van der Waals surface area contributed by atoms with Crippen molar-refractivity contribution in [2.45, 2.75) is 13.1 Å². The Kier molecular flexibility index (Phi) is 6.13. The van der Waals surface area contributed by atoms with E-state index in [1.165, 1.54) is 31.2 Å². The van der Waals surface area contributed by atoms with Crippen LogP contribution < -0.4 is 9.62 Å². The van der Waals surface area contributed by atoms with Crippen molar-refractivity contribution in [2.75, 3.05) is 22.4 Å². The highest BCUT2D eigenvalue weighted by Gasteiger charge is 2.32. The zero-order valence-electron chi connectivity index (χ0n) is 14.9. The van der Waals surface area contributed by atoms with Crippen molar-refractivity contribution in [2.24, 2.45) is 0 Å². The number of amides is 1. The molecule has 0 unspecified atom stereocenters. The summed E-state index contributed by atoms with van der Waals surface area (Å²) in [6, 6.07) is 9.68. The molecule has 28 heavy (non-hydrogen) atoms. The molecule has 0 saturated carbocycles. The van der Waals surface area contributed by atoms with Gasteiger partial charge in [0.1, 0.15) is 6.54 Å². The lowest BCUT2D eigenvalue weighted by Gasteiger charge is -2.23. The van der Waals surface area contributed by atoms with Crippen LogP contribution in [-0.2, 0) is 21.0 Å². The van der Waals surface area contributed by atoms with Crippen molar-refractivity contribution < 1.29 is 31.2 Å². The number of benzene rings is 2. The summed E-state index contributed by atoms with van der Waals surface area (Å²) >= 11 is 0. The fraction of sp³-hybridized carbons (Fsp3) is 0.222. The van der Waals surface area contributed by atoms with Crippen molar-refractivity contribution in [3.8, 4) is 0 Å². The van der Waals surface area contributed by atoms with Crippen molar-refractivity contribution in [3.05, 3.63) is 59.7 Å². The average Bonchev–Trinajstić information content (AvgIpc) is 2.58. The van der Waals surface area contributed by atoms with Crippen molar-refractivity contribution >= 4 is 33.1 Å². The van der Waals surface area contributed by atoms with Crippen LogP contribution in [0.3, 0.4) is 0 Å². The molecule has 0 radical (unpaired) electrons. The second-order valence-corrected chi connectivity index (χ2v) is 7.91. The van der Waals surface area contributed by atoms with E-state index in [9.17, 15) is 31.2 Å². The first-order valence-corrected chi connectivity index (χ1v) is 9.78. The van der Waals surface area contributed by atoms with E-state index in [2.05, 4.69) is 5.32 Å². The summed E-state index contributed by atoms with van der Waals surface area (Å²) in [6.07, 6.45) is -3.87. The first-order valence-electron chi connectivity index (χ1n) is 7.94. The number of rotatable bonds is 6.